The average molecular weight is 409 g/mol. The Bertz CT molecular complexity index is 972. The fourth-order valence-electron chi connectivity index (χ4n) is 1.70. The average Bonchev–Trinajstić information content (AvgIpc) is 2.47. The first kappa shape index (κ1) is 18.6. The molecule has 12 heteroatoms. The van der Waals surface area contributed by atoms with Crippen molar-refractivity contribution in [2.24, 2.45) is 0 Å². The summed E-state index contributed by atoms with van der Waals surface area (Å²) in [5.74, 6) is -0.715. The molecule has 0 aliphatic rings. The third kappa shape index (κ3) is 4.65. The zero-order valence-electron chi connectivity index (χ0n) is 11.7. The van der Waals surface area contributed by atoms with Gasteiger partial charge in [0.2, 0.25) is 5.91 Å². The molecule has 128 valence electrons. The third-order valence-electron chi connectivity index (χ3n) is 2.70. The summed E-state index contributed by atoms with van der Waals surface area (Å²) in [4.78, 5) is 29.6. The standard InChI is InChI=1S/C12H10Cl2N4O4S2/c13-7-2-1-3-8(11(7)14)24(21,22)18-17-10(20)5-6-4-9(19)16-12(23)15-6/h1-4,18H,5H2,(H,17,20)(H2,15,16,19,23). The number of amides is 1. The van der Waals surface area contributed by atoms with Crippen LogP contribution in [0.4, 0.5) is 0 Å². The van der Waals surface area contributed by atoms with Crippen molar-refractivity contribution in [3.8, 4) is 0 Å². The fraction of sp³-hybridized carbons (Fsp3) is 0.0833. The summed E-state index contributed by atoms with van der Waals surface area (Å²) in [5, 5.41) is -0.110. The summed E-state index contributed by atoms with van der Waals surface area (Å²) in [7, 11) is -4.11. The minimum Gasteiger partial charge on any atom is -0.335 e. The van der Waals surface area contributed by atoms with Crippen LogP contribution in [0.5, 0.6) is 0 Å². The van der Waals surface area contributed by atoms with E-state index in [4.69, 9.17) is 35.4 Å². The van der Waals surface area contributed by atoms with Crippen molar-refractivity contribution in [2.75, 3.05) is 0 Å². The third-order valence-corrected chi connectivity index (χ3v) is 5.12. The minimum absolute atomic E-state index is 0.0524. The van der Waals surface area contributed by atoms with Gasteiger partial charge in [-0.3, -0.25) is 20.0 Å². The van der Waals surface area contributed by atoms with E-state index in [0.29, 0.717) is 0 Å². The lowest BCUT2D eigenvalue weighted by Crippen LogP contribution is -2.42. The van der Waals surface area contributed by atoms with Gasteiger partial charge in [-0.05, 0) is 24.4 Å². The zero-order valence-corrected chi connectivity index (χ0v) is 14.9. The summed E-state index contributed by atoms with van der Waals surface area (Å²) in [6.07, 6.45) is -0.292. The number of H-pyrrole nitrogens is 2. The quantitative estimate of drug-likeness (QED) is 0.438. The molecule has 0 spiro atoms. The number of carbonyl (C=O) groups is 1. The largest absolute Gasteiger partial charge is 0.335 e. The molecule has 24 heavy (non-hydrogen) atoms. The van der Waals surface area contributed by atoms with Crippen LogP contribution in [0.1, 0.15) is 5.69 Å². The molecule has 1 amide bonds. The number of halogens is 2. The Balaban J connectivity index is 2.09. The molecule has 0 aliphatic carbocycles. The molecule has 0 unspecified atom stereocenters. The number of hydrazine groups is 1. The van der Waals surface area contributed by atoms with Crippen LogP contribution in [-0.4, -0.2) is 24.3 Å². The molecule has 0 radical (unpaired) electrons. The van der Waals surface area contributed by atoms with Crippen LogP contribution in [-0.2, 0) is 21.2 Å². The molecule has 0 saturated heterocycles. The van der Waals surface area contributed by atoms with Crippen molar-refractivity contribution in [2.45, 2.75) is 11.3 Å². The number of hydrogen-bond donors (Lipinski definition) is 4. The van der Waals surface area contributed by atoms with Crippen LogP contribution in [0, 0.1) is 4.77 Å². The van der Waals surface area contributed by atoms with Gasteiger partial charge in [0.15, 0.2) is 4.77 Å². The molecule has 1 heterocycles. The molecular weight excluding hydrogens is 399 g/mol. The minimum atomic E-state index is -4.11. The summed E-state index contributed by atoms with van der Waals surface area (Å²) in [5.41, 5.74) is 1.76. The molecule has 2 rings (SSSR count). The lowest BCUT2D eigenvalue weighted by molar-refractivity contribution is -0.120. The molecule has 8 nitrogen and oxygen atoms in total. The van der Waals surface area contributed by atoms with Crippen LogP contribution in [0.15, 0.2) is 34.0 Å². The van der Waals surface area contributed by atoms with E-state index in [-0.39, 0.29) is 31.8 Å². The molecule has 1 aromatic carbocycles. The van der Waals surface area contributed by atoms with Gasteiger partial charge in [-0.2, -0.15) is 0 Å². The maximum Gasteiger partial charge on any atom is 0.258 e. The van der Waals surface area contributed by atoms with E-state index in [1.807, 2.05) is 10.3 Å². The van der Waals surface area contributed by atoms with Crippen molar-refractivity contribution in [3.63, 3.8) is 0 Å². The van der Waals surface area contributed by atoms with Gasteiger partial charge < -0.3 is 4.98 Å². The van der Waals surface area contributed by atoms with E-state index in [9.17, 15) is 18.0 Å². The highest BCUT2D eigenvalue weighted by Crippen LogP contribution is 2.28. The second-order valence-corrected chi connectivity index (χ2v) is 7.34. The SMILES string of the molecule is O=C(Cc1cc(=O)[nH]c(=S)[nH]1)NNS(=O)(=O)c1cccc(Cl)c1Cl. The Kier molecular flexibility index (Phi) is 5.78. The number of hydrogen-bond acceptors (Lipinski definition) is 5. The molecule has 0 atom stereocenters. The van der Waals surface area contributed by atoms with E-state index in [2.05, 4.69) is 9.97 Å². The van der Waals surface area contributed by atoms with Crippen LogP contribution >= 0.6 is 35.4 Å². The molecule has 0 saturated carbocycles. The Morgan fingerprint density at radius 2 is 1.96 bits per heavy atom. The molecule has 0 aliphatic heterocycles. The Hall–Kier alpha value is -1.72. The van der Waals surface area contributed by atoms with Gasteiger partial charge in [0.25, 0.3) is 15.6 Å². The monoisotopic (exact) mass is 408 g/mol. The lowest BCUT2D eigenvalue weighted by Gasteiger charge is -2.10. The first-order valence-electron chi connectivity index (χ1n) is 6.26. The highest BCUT2D eigenvalue weighted by molar-refractivity contribution is 7.89. The number of benzene rings is 1. The van der Waals surface area contributed by atoms with Gasteiger partial charge in [0.1, 0.15) is 4.90 Å². The highest BCUT2D eigenvalue weighted by Gasteiger charge is 2.20. The number of rotatable bonds is 5. The number of nitrogens with one attached hydrogen (secondary N) is 4. The Morgan fingerprint density at radius 1 is 1.25 bits per heavy atom. The van der Waals surface area contributed by atoms with E-state index in [1.54, 1.807) is 0 Å². The maximum absolute atomic E-state index is 12.1. The van der Waals surface area contributed by atoms with E-state index in [0.717, 1.165) is 6.07 Å². The van der Waals surface area contributed by atoms with Gasteiger partial charge in [-0.25, -0.2) is 8.42 Å². The molecule has 0 bridgehead atoms. The molecule has 4 N–H and O–H groups in total. The maximum atomic E-state index is 12.1. The van der Waals surface area contributed by atoms with Gasteiger partial charge in [-0.15, -0.1) is 4.83 Å². The van der Waals surface area contributed by atoms with Gasteiger partial charge >= 0.3 is 0 Å². The van der Waals surface area contributed by atoms with Crippen LogP contribution in [0.2, 0.25) is 10.0 Å². The van der Waals surface area contributed by atoms with Crippen molar-refractivity contribution >= 4 is 51.4 Å². The van der Waals surface area contributed by atoms with Gasteiger partial charge in [-0.1, -0.05) is 29.3 Å². The Morgan fingerprint density at radius 3 is 2.62 bits per heavy atom. The van der Waals surface area contributed by atoms with E-state index >= 15 is 0 Å². The van der Waals surface area contributed by atoms with Crippen LogP contribution in [0.25, 0.3) is 0 Å². The molecule has 0 fully saturated rings. The fourth-order valence-corrected chi connectivity index (χ4v) is 3.56. The predicted molar refractivity (Wildman–Crippen MR) is 90.9 cm³/mol. The van der Waals surface area contributed by atoms with E-state index < -0.39 is 21.5 Å². The zero-order chi connectivity index (χ0) is 17.9. The first-order valence-corrected chi connectivity index (χ1v) is 8.91. The first-order chi connectivity index (χ1) is 11.2. The molecule has 2 aromatic rings. The van der Waals surface area contributed by atoms with Crippen molar-refractivity contribution in [1.82, 2.24) is 20.2 Å². The number of aromatic nitrogens is 2. The second kappa shape index (κ2) is 7.45. The lowest BCUT2D eigenvalue weighted by atomic mass is 10.3. The van der Waals surface area contributed by atoms with Crippen molar-refractivity contribution < 1.29 is 13.2 Å². The molecule has 1 aromatic heterocycles. The van der Waals surface area contributed by atoms with Gasteiger partial charge in [0.05, 0.1) is 16.5 Å². The molecular formula is C12H10Cl2N4O4S2. The predicted octanol–water partition coefficient (Wildman–Crippen LogP) is 1.29. The Labute approximate surface area is 151 Å². The van der Waals surface area contributed by atoms with Crippen LogP contribution in [0.3, 0.4) is 0 Å². The van der Waals surface area contributed by atoms with Crippen molar-refractivity contribution in [3.05, 3.63) is 55.1 Å². The second-order valence-electron chi connectivity index (χ2n) is 4.50. The normalized spacial score (nSPS) is 11.2. The summed E-state index contributed by atoms with van der Waals surface area (Å²) < 4.78 is 24.3. The topological polar surface area (TPSA) is 124 Å². The smallest absolute Gasteiger partial charge is 0.258 e. The summed E-state index contributed by atoms with van der Waals surface area (Å²) >= 11 is 16.4. The summed E-state index contributed by atoms with van der Waals surface area (Å²) in [6, 6.07) is 5.20. The highest BCUT2D eigenvalue weighted by atomic mass is 35.5. The summed E-state index contributed by atoms with van der Waals surface area (Å²) in [6.45, 7) is 0. The number of sulfonamides is 1. The van der Waals surface area contributed by atoms with Gasteiger partial charge in [0, 0.05) is 11.8 Å². The number of carbonyl (C=O) groups excluding carboxylic acids is 1. The van der Waals surface area contributed by atoms with E-state index in [1.165, 1.54) is 18.2 Å². The van der Waals surface area contributed by atoms with Crippen molar-refractivity contribution in [1.29, 1.82) is 0 Å². The van der Waals surface area contributed by atoms with Crippen LogP contribution < -0.4 is 15.8 Å². The number of aromatic amines is 2.